The predicted molar refractivity (Wildman–Crippen MR) is 86.8 cm³/mol. The van der Waals surface area contributed by atoms with Gasteiger partial charge in [0.1, 0.15) is 4.83 Å². The van der Waals surface area contributed by atoms with E-state index in [1.807, 2.05) is 0 Å². The molecule has 3 rings (SSSR count). The van der Waals surface area contributed by atoms with Gasteiger partial charge in [0.2, 0.25) is 0 Å². The van der Waals surface area contributed by atoms with Crippen LogP contribution in [0.2, 0.25) is 0 Å². The van der Waals surface area contributed by atoms with Crippen molar-refractivity contribution < 1.29 is 0 Å². The van der Waals surface area contributed by atoms with Crippen LogP contribution in [0, 0.1) is 6.92 Å². The Kier molecular flexibility index (Phi) is 3.72. The molecule has 0 fully saturated rings. The zero-order chi connectivity index (χ0) is 14.1. The van der Waals surface area contributed by atoms with Crippen molar-refractivity contribution >= 4 is 32.9 Å². The van der Waals surface area contributed by atoms with Crippen LogP contribution in [-0.2, 0) is 6.54 Å². The summed E-state index contributed by atoms with van der Waals surface area (Å²) in [5.41, 5.74) is 1.12. The fourth-order valence-corrected chi connectivity index (χ4v) is 4.08. The Morgan fingerprint density at radius 1 is 1.35 bits per heavy atom. The second-order valence-electron chi connectivity index (χ2n) is 4.84. The summed E-state index contributed by atoms with van der Waals surface area (Å²) in [6.07, 6.45) is 3.76. The third-order valence-corrected chi connectivity index (χ3v) is 5.24. The molecule has 0 atom stereocenters. The summed E-state index contributed by atoms with van der Waals surface area (Å²) in [7, 11) is 0. The number of hydrogen-bond donors (Lipinski definition) is 0. The molecular formula is C15H16N2OS2. The van der Waals surface area contributed by atoms with Gasteiger partial charge < -0.3 is 0 Å². The van der Waals surface area contributed by atoms with E-state index in [0.717, 1.165) is 40.0 Å². The molecular weight excluding hydrogens is 288 g/mol. The number of unbranched alkanes of at least 4 members (excludes halogenated alkanes) is 1. The van der Waals surface area contributed by atoms with E-state index in [4.69, 9.17) is 0 Å². The summed E-state index contributed by atoms with van der Waals surface area (Å²) in [6.45, 7) is 4.96. The highest BCUT2D eigenvalue weighted by Gasteiger charge is 2.14. The van der Waals surface area contributed by atoms with E-state index in [2.05, 4.69) is 36.3 Å². The molecule has 0 N–H and O–H groups in total. The van der Waals surface area contributed by atoms with Crippen LogP contribution >= 0.6 is 22.7 Å². The van der Waals surface area contributed by atoms with E-state index in [1.165, 1.54) is 4.88 Å². The Morgan fingerprint density at radius 3 is 2.90 bits per heavy atom. The van der Waals surface area contributed by atoms with Gasteiger partial charge in [0.15, 0.2) is 0 Å². The summed E-state index contributed by atoms with van der Waals surface area (Å²) >= 11 is 3.27. The Balaban J connectivity index is 2.17. The van der Waals surface area contributed by atoms with Gasteiger partial charge in [0.25, 0.3) is 5.56 Å². The first-order valence-corrected chi connectivity index (χ1v) is 8.43. The third-order valence-electron chi connectivity index (χ3n) is 3.32. The van der Waals surface area contributed by atoms with E-state index in [9.17, 15) is 4.79 Å². The maximum absolute atomic E-state index is 12.6. The largest absolute Gasteiger partial charge is 0.299 e. The molecule has 0 aliphatic heterocycles. The first kappa shape index (κ1) is 13.5. The number of thiophene rings is 2. The Morgan fingerprint density at radius 2 is 2.20 bits per heavy atom. The van der Waals surface area contributed by atoms with Gasteiger partial charge in [-0.2, -0.15) is 0 Å². The Bertz CT molecular complexity index is 798. The van der Waals surface area contributed by atoms with Gasteiger partial charge in [0, 0.05) is 27.2 Å². The molecule has 5 heteroatoms. The molecule has 104 valence electrons. The summed E-state index contributed by atoms with van der Waals surface area (Å²) in [4.78, 5) is 20.3. The van der Waals surface area contributed by atoms with Gasteiger partial charge in [-0.05, 0) is 25.5 Å². The van der Waals surface area contributed by atoms with E-state index in [1.54, 1.807) is 33.6 Å². The minimum absolute atomic E-state index is 0.0887. The highest BCUT2D eigenvalue weighted by atomic mass is 32.1. The van der Waals surface area contributed by atoms with E-state index in [-0.39, 0.29) is 5.56 Å². The molecule has 3 aromatic rings. The first-order valence-electron chi connectivity index (χ1n) is 6.74. The quantitative estimate of drug-likeness (QED) is 0.720. The van der Waals surface area contributed by atoms with Gasteiger partial charge in [0.05, 0.1) is 11.7 Å². The van der Waals surface area contributed by atoms with Gasteiger partial charge >= 0.3 is 0 Å². The topological polar surface area (TPSA) is 34.9 Å². The zero-order valence-electron chi connectivity index (χ0n) is 11.5. The number of nitrogens with zero attached hydrogens (tertiary/aromatic N) is 2. The van der Waals surface area contributed by atoms with E-state index < -0.39 is 0 Å². The Labute approximate surface area is 125 Å². The van der Waals surface area contributed by atoms with E-state index in [0.29, 0.717) is 0 Å². The van der Waals surface area contributed by atoms with Crippen LogP contribution in [0.1, 0.15) is 24.6 Å². The molecule has 3 heterocycles. The molecule has 3 nitrogen and oxygen atoms in total. The van der Waals surface area contributed by atoms with Crippen LogP contribution in [0.5, 0.6) is 0 Å². The lowest BCUT2D eigenvalue weighted by molar-refractivity contribution is 0.609. The minimum atomic E-state index is 0.0887. The Hall–Kier alpha value is -1.46. The monoisotopic (exact) mass is 304 g/mol. The molecule has 20 heavy (non-hydrogen) atoms. The van der Waals surface area contributed by atoms with Crippen LogP contribution in [0.15, 0.2) is 28.6 Å². The van der Waals surface area contributed by atoms with Crippen molar-refractivity contribution in [1.29, 1.82) is 0 Å². The lowest BCUT2D eigenvalue weighted by Gasteiger charge is -2.04. The molecule has 0 saturated carbocycles. The summed E-state index contributed by atoms with van der Waals surface area (Å²) in [6, 6.07) is 4.18. The zero-order valence-corrected chi connectivity index (χ0v) is 13.2. The van der Waals surface area contributed by atoms with Crippen molar-refractivity contribution in [3.8, 4) is 10.4 Å². The van der Waals surface area contributed by atoms with Crippen molar-refractivity contribution in [3.05, 3.63) is 39.1 Å². The first-order chi connectivity index (χ1) is 9.70. The SMILES string of the molecule is CCCCn1cnc2scc(-c3ccc(C)s3)c2c1=O. The third kappa shape index (κ3) is 2.31. The smallest absolute Gasteiger partial charge is 0.262 e. The van der Waals surface area contributed by atoms with Crippen LogP contribution in [0.4, 0.5) is 0 Å². The van der Waals surface area contributed by atoms with Gasteiger partial charge in [-0.1, -0.05) is 13.3 Å². The summed E-state index contributed by atoms with van der Waals surface area (Å²) in [5.74, 6) is 0. The normalized spacial score (nSPS) is 11.3. The van der Waals surface area contributed by atoms with Crippen molar-refractivity contribution in [2.45, 2.75) is 33.2 Å². The number of hydrogen-bond acceptors (Lipinski definition) is 4. The second kappa shape index (κ2) is 5.50. The summed E-state index contributed by atoms with van der Waals surface area (Å²) in [5, 5.41) is 2.82. The summed E-state index contributed by atoms with van der Waals surface area (Å²) < 4.78 is 1.74. The molecule has 0 saturated heterocycles. The van der Waals surface area contributed by atoms with Gasteiger partial charge in [-0.15, -0.1) is 22.7 Å². The lowest BCUT2D eigenvalue weighted by Crippen LogP contribution is -2.20. The molecule has 0 bridgehead atoms. The van der Waals surface area contributed by atoms with Crippen molar-refractivity contribution in [2.24, 2.45) is 0 Å². The highest BCUT2D eigenvalue weighted by molar-refractivity contribution is 7.19. The molecule has 0 spiro atoms. The molecule has 0 aliphatic carbocycles. The van der Waals surface area contributed by atoms with Crippen LogP contribution in [0.25, 0.3) is 20.7 Å². The standard InChI is InChI=1S/C15H16N2OS2/c1-3-4-7-17-9-16-14-13(15(17)18)11(8-19-14)12-6-5-10(2)20-12/h5-6,8-9H,3-4,7H2,1-2H3. The van der Waals surface area contributed by atoms with Crippen LogP contribution in [-0.4, -0.2) is 9.55 Å². The predicted octanol–water partition coefficient (Wildman–Crippen LogP) is 4.30. The van der Waals surface area contributed by atoms with Crippen molar-refractivity contribution in [3.63, 3.8) is 0 Å². The average molecular weight is 304 g/mol. The second-order valence-corrected chi connectivity index (χ2v) is 6.98. The van der Waals surface area contributed by atoms with Crippen LogP contribution in [0.3, 0.4) is 0 Å². The van der Waals surface area contributed by atoms with Crippen LogP contribution < -0.4 is 5.56 Å². The number of aryl methyl sites for hydroxylation is 2. The minimum Gasteiger partial charge on any atom is -0.299 e. The maximum Gasteiger partial charge on any atom is 0.262 e. The van der Waals surface area contributed by atoms with E-state index >= 15 is 0 Å². The van der Waals surface area contributed by atoms with Gasteiger partial charge in [-0.3, -0.25) is 9.36 Å². The fraction of sp³-hybridized carbons (Fsp3) is 0.333. The highest BCUT2D eigenvalue weighted by Crippen LogP contribution is 2.34. The van der Waals surface area contributed by atoms with Crippen molar-refractivity contribution in [1.82, 2.24) is 9.55 Å². The molecule has 0 radical (unpaired) electrons. The van der Waals surface area contributed by atoms with Gasteiger partial charge in [-0.25, -0.2) is 4.98 Å². The molecule has 0 aliphatic rings. The number of rotatable bonds is 4. The van der Waals surface area contributed by atoms with Crippen molar-refractivity contribution in [2.75, 3.05) is 0 Å². The lowest BCUT2D eigenvalue weighted by atomic mass is 10.2. The number of aromatic nitrogens is 2. The maximum atomic E-state index is 12.6. The fourth-order valence-electron chi connectivity index (χ4n) is 2.22. The molecule has 0 unspecified atom stereocenters. The molecule has 3 aromatic heterocycles. The molecule has 0 amide bonds. The average Bonchev–Trinajstić information content (AvgIpc) is 3.04. The number of fused-ring (bicyclic) bond motifs is 1. The molecule has 0 aromatic carbocycles.